The van der Waals surface area contributed by atoms with Gasteiger partial charge >= 0.3 is 0 Å². The van der Waals surface area contributed by atoms with Crippen LogP contribution in [0.3, 0.4) is 0 Å². The van der Waals surface area contributed by atoms with Crippen molar-refractivity contribution in [2.75, 3.05) is 7.11 Å². The van der Waals surface area contributed by atoms with Crippen LogP contribution in [0.15, 0.2) is 54.6 Å². The second-order valence-corrected chi connectivity index (χ2v) is 6.19. The fourth-order valence-corrected chi connectivity index (χ4v) is 2.65. The lowest BCUT2D eigenvalue weighted by Gasteiger charge is -2.24. The predicted molar refractivity (Wildman–Crippen MR) is 94.7 cm³/mol. The van der Waals surface area contributed by atoms with Crippen molar-refractivity contribution in [3.05, 3.63) is 65.7 Å². The Balaban J connectivity index is 2.02. The quantitative estimate of drug-likeness (QED) is 0.816. The molecule has 2 atom stereocenters. The summed E-state index contributed by atoms with van der Waals surface area (Å²) in [7, 11) is 1.63. The number of methoxy groups -OCH3 is 1. The van der Waals surface area contributed by atoms with E-state index in [-0.39, 0.29) is 24.3 Å². The highest BCUT2D eigenvalue weighted by atomic mass is 16.5. The summed E-state index contributed by atoms with van der Waals surface area (Å²) in [4.78, 5) is 12.3. The number of aliphatic hydroxyl groups excluding tert-OH is 1. The van der Waals surface area contributed by atoms with E-state index in [9.17, 15) is 9.90 Å². The first-order valence-electron chi connectivity index (χ1n) is 8.17. The van der Waals surface area contributed by atoms with Crippen LogP contribution in [0, 0.1) is 5.92 Å². The zero-order valence-electron chi connectivity index (χ0n) is 14.4. The summed E-state index contributed by atoms with van der Waals surface area (Å²) in [6, 6.07) is 16.8. The van der Waals surface area contributed by atoms with Crippen molar-refractivity contribution in [2.45, 2.75) is 32.4 Å². The Morgan fingerprint density at radius 1 is 1.04 bits per heavy atom. The Kier molecular flexibility index (Phi) is 6.38. The fraction of sp³-hybridized carbons (Fsp3) is 0.350. The molecule has 0 aromatic heterocycles. The third-order valence-electron chi connectivity index (χ3n) is 4.02. The zero-order valence-corrected chi connectivity index (χ0v) is 14.4. The molecule has 0 spiro atoms. The molecule has 0 heterocycles. The Labute approximate surface area is 143 Å². The number of ether oxygens (including phenoxy) is 1. The van der Waals surface area contributed by atoms with Crippen LogP contribution in [0.2, 0.25) is 0 Å². The fourth-order valence-electron chi connectivity index (χ4n) is 2.65. The van der Waals surface area contributed by atoms with E-state index in [1.807, 2.05) is 54.6 Å². The number of rotatable bonds is 7. The summed E-state index contributed by atoms with van der Waals surface area (Å²) >= 11 is 0. The highest BCUT2D eigenvalue weighted by Crippen LogP contribution is 2.25. The average molecular weight is 327 g/mol. The molecule has 0 aliphatic carbocycles. The Hall–Kier alpha value is -2.33. The Morgan fingerprint density at radius 3 is 2.21 bits per heavy atom. The van der Waals surface area contributed by atoms with Gasteiger partial charge in [0.25, 0.3) is 0 Å². The highest BCUT2D eigenvalue weighted by Gasteiger charge is 2.20. The number of carbonyl (C=O) groups excluding carboxylic acids is 1. The van der Waals surface area contributed by atoms with E-state index in [2.05, 4.69) is 19.2 Å². The number of hydrogen-bond donors (Lipinski definition) is 2. The van der Waals surface area contributed by atoms with Gasteiger partial charge in [-0.15, -0.1) is 0 Å². The predicted octanol–water partition coefficient (Wildman–Crippen LogP) is 3.63. The number of aliphatic hydroxyl groups is 1. The molecule has 0 radical (unpaired) electrons. The maximum Gasteiger partial charge on any atom is 0.223 e. The molecule has 128 valence electrons. The monoisotopic (exact) mass is 327 g/mol. The molecule has 0 aliphatic rings. The molecule has 2 unspecified atom stereocenters. The van der Waals surface area contributed by atoms with Crippen LogP contribution in [0.25, 0.3) is 0 Å². The number of nitrogens with one attached hydrogen (secondary N) is 1. The van der Waals surface area contributed by atoms with Gasteiger partial charge < -0.3 is 15.2 Å². The minimum absolute atomic E-state index is 0.0450. The summed E-state index contributed by atoms with van der Waals surface area (Å²) in [6.07, 6.45) is -0.751. The normalized spacial score (nSPS) is 13.4. The van der Waals surface area contributed by atoms with Crippen LogP contribution in [-0.4, -0.2) is 18.1 Å². The standard InChI is InChI=1S/C20H25NO3/c1-14(2)20(16-9-11-17(24-3)12-10-16)21-19(23)13-18(22)15-7-5-4-6-8-15/h4-12,14,18,20,22H,13H2,1-3H3,(H,21,23). The van der Waals surface area contributed by atoms with Gasteiger partial charge in [-0.2, -0.15) is 0 Å². The second kappa shape index (κ2) is 8.50. The van der Waals surface area contributed by atoms with Crippen molar-refractivity contribution in [1.29, 1.82) is 0 Å². The lowest BCUT2D eigenvalue weighted by molar-refractivity contribution is -0.124. The van der Waals surface area contributed by atoms with Gasteiger partial charge in [-0.3, -0.25) is 4.79 Å². The van der Waals surface area contributed by atoms with E-state index in [0.29, 0.717) is 0 Å². The molecule has 4 heteroatoms. The largest absolute Gasteiger partial charge is 0.497 e. The molecular formula is C20H25NO3. The molecule has 0 saturated heterocycles. The first-order chi connectivity index (χ1) is 11.5. The maximum absolute atomic E-state index is 12.3. The van der Waals surface area contributed by atoms with Gasteiger partial charge in [-0.1, -0.05) is 56.3 Å². The van der Waals surface area contributed by atoms with E-state index in [1.54, 1.807) is 7.11 Å². The van der Waals surface area contributed by atoms with Crippen LogP contribution in [0.5, 0.6) is 5.75 Å². The van der Waals surface area contributed by atoms with Crippen LogP contribution in [0.4, 0.5) is 0 Å². The van der Waals surface area contributed by atoms with Crippen molar-refractivity contribution >= 4 is 5.91 Å². The van der Waals surface area contributed by atoms with Crippen molar-refractivity contribution in [2.24, 2.45) is 5.92 Å². The van der Waals surface area contributed by atoms with Gasteiger partial charge in [0.05, 0.1) is 25.7 Å². The lowest BCUT2D eigenvalue weighted by atomic mass is 9.95. The molecule has 0 bridgehead atoms. The molecule has 1 amide bonds. The molecule has 4 nitrogen and oxygen atoms in total. The van der Waals surface area contributed by atoms with E-state index < -0.39 is 6.10 Å². The Morgan fingerprint density at radius 2 is 1.67 bits per heavy atom. The number of hydrogen-bond acceptors (Lipinski definition) is 3. The van der Waals surface area contributed by atoms with Gasteiger partial charge in [0, 0.05) is 0 Å². The number of amides is 1. The summed E-state index contributed by atoms with van der Waals surface area (Å²) in [5, 5.41) is 13.2. The molecule has 2 aromatic rings. The van der Waals surface area contributed by atoms with E-state index in [1.165, 1.54) is 0 Å². The first kappa shape index (κ1) is 18.0. The zero-order chi connectivity index (χ0) is 17.5. The van der Waals surface area contributed by atoms with Crippen LogP contribution in [0.1, 0.15) is 43.5 Å². The maximum atomic E-state index is 12.3. The smallest absolute Gasteiger partial charge is 0.223 e. The van der Waals surface area contributed by atoms with E-state index in [0.717, 1.165) is 16.9 Å². The SMILES string of the molecule is COc1ccc(C(NC(=O)CC(O)c2ccccc2)C(C)C)cc1. The molecule has 0 aliphatic heterocycles. The van der Waals surface area contributed by atoms with Crippen molar-refractivity contribution in [3.8, 4) is 5.75 Å². The van der Waals surface area contributed by atoms with Gasteiger partial charge in [0.15, 0.2) is 0 Å². The summed E-state index contributed by atoms with van der Waals surface area (Å²) in [5.74, 6) is 0.851. The number of carbonyl (C=O) groups is 1. The van der Waals surface area contributed by atoms with Gasteiger partial charge in [-0.05, 0) is 29.2 Å². The van der Waals surface area contributed by atoms with Crippen LogP contribution >= 0.6 is 0 Å². The third kappa shape index (κ3) is 4.83. The van der Waals surface area contributed by atoms with E-state index >= 15 is 0 Å². The second-order valence-electron chi connectivity index (χ2n) is 6.19. The minimum Gasteiger partial charge on any atom is -0.497 e. The molecule has 24 heavy (non-hydrogen) atoms. The molecule has 0 fully saturated rings. The molecule has 0 saturated carbocycles. The number of benzene rings is 2. The first-order valence-corrected chi connectivity index (χ1v) is 8.17. The average Bonchev–Trinajstić information content (AvgIpc) is 2.60. The highest BCUT2D eigenvalue weighted by molar-refractivity contribution is 5.77. The van der Waals surface area contributed by atoms with Crippen molar-refractivity contribution in [1.82, 2.24) is 5.32 Å². The van der Waals surface area contributed by atoms with Crippen molar-refractivity contribution in [3.63, 3.8) is 0 Å². The third-order valence-corrected chi connectivity index (χ3v) is 4.02. The van der Waals surface area contributed by atoms with Crippen LogP contribution in [-0.2, 0) is 4.79 Å². The Bertz CT molecular complexity index is 638. The summed E-state index contributed by atoms with van der Waals surface area (Å²) in [5.41, 5.74) is 1.77. The molecular weight excluding hydrogens is 302 g/mol. The topological polar surface area (TPSA) is 58.6 Å². The molecule has 2 aromatic carbocycles. The minimum atomic E-state index is -0.796. The lowest BCUT2D eigenvalue weighted by Crippen LogP contribution is -2.32. The van der Waals surface area contributed by atoms with Crippen molar-refractivity contribution < 1.29 is 14.6 Å². The van der Waals surface area contributed by atoms with Gasteiger partial charge in [0.1, 0.15) is 5.75 Å². The van der Waals surface area contributed by atoms with Gasteiger partial charge in [-0.25, -0.2) is 0 Å². The molecule has 2 rings (SSSR count). The van der Waals surface area contributed by atoms with E-state index in [4.69, 9.17) is 4.74 Å². The summed E-state index contributed by atoms with van der Waals surface area (Å²) < 4.78 is 5.17. The van der Waals surface area contributed by atoms with Gasteiger partial charge in [0.2, 0.25) is 5.91 Å². The molecule has 2 N–H and O–H groups in total. The summed E-state index contributed by atoms with van der Waals surface area (Å²) in [6.45, 7) is 4.12. The van der Waals surface area contributed by atoms with Crippen LogP contribution < -0.4 is 10.1 Å².